The molecule has 2 N–H and O–H groups in total. The summed E-state index contributed by atoms with van der Waals surface area (Å²) in [5, 5.41) is 13.2. The van der Waals surface area contributed by atoms with Crippen LogP contribution in [0.1, 0.15) is 22.0 Å². The fraction of sp³-hybridized carbons (Fsp3) is 0.143. The molecule has 4 nitrogen and oxygen atoms in total. The first-order valence-corrected chi connectivity index (χ1v) is 6.16. The summed E-state index contributed by atoms with van der Waals surface area (Å²) in [7, 11) is 0. The van der Waals surface area contributed by atoms with Gasteiger partial charge in [0.05, 0.1) is 6.10 Å². The molecular formula is C14H13ClN2O2. The Morgan fingerprint density at radius 3 is 2.47 bits per heavy atom. The van der Waals surface area contributed by atoms with Crippen LogP contribution >= 0.6 is 11.6 Å². The minimum atomic E-state index is -0.761. The van der Waals surface area contributed by atoms with Crippen molar-refractivity contribution in [2.45, 2.75) is 6.10 Å². The Balaban J connectivity index is 1.92. The molecular weight excluding hydrogens is 264 g/mol. The Kier molecular flexibility index (Phi) is 4.49. The average molecular weight is 277 g/mol. The van der Waals surface area contributed by atoms with E-state index in [1.807, 2.05) is 0 Å². The van der Waals surface area contributed by atoms with E-state index in [1.165, 1.54) is 0 Å². The number of carbonyl (C=O) groups excluding carboxylic acids is 1. The number of pyridine rings is 1. The Morgan fingerprint density at radius 1 is 1.21 bits per heavy atom. The zero-order valence-electron chi connectivity index (χ0n) is 10.1. The number of nitrogens with zero attached hydrogens (tertiary/aromatic N) is 1. The molecule has 0 radical (unpaired) electrons. The molecule has 1 heterocycles. The van der Waals surface area contributed by atoms with E-state index in [9.17, 15) is 9.90 Å². The van der Waals surface area contributed by atoms with E-state index in [0.717, 1.165) is 0 Å². The molecule has 5 heteroatoms. The van der Waals surface area contributed by atoms with E-state index in [4.69, 9.17) is 11.6 Å². The van der Waals surface area contributed by atoms with Crippen molar-refractivity contribution in [3.05, 3.63) is 64.9 Å². The minimum absolute atomic E-state index is 0.142. The van der Waals surface area contributed by atoms with Gasteiger partial charge in [-0.25, -0.2) is 0 Å². The van der Waals surface area contributed by atoms with Crippen LogP contribution in [0.4, 0.5) is 0 Å². The number of aliphatic hydroxyl groups is 1. The van der Waals surface area contributed by atoms with Gasteiger partial charge in [-0.3, -0.25) is 9.78 Å². The number of nitrogens with one attached hydrogen (secondary N) is 1. The van der Waals surface area contributed by atoms with Gasteiger partial charge in [0.25, 0.3) is 5.91 Å². The van der Waals surface area contributed by atoms with Crippen LogP contribution in [0.5, 0.6) is 0 Å². The van der Waals surface area contributed by atoms with E-state index in [-0.39, 0.29) is 12.5 Å². The topological polar surface area (TPSA) is 62.2 Å². The second-order valence-corrected chi connectivity index (χ2v) is 4.45. The molecule has 0 saturated carbocycles. The average Bonchev–Trinajstić information content (AvgIpc) is 2.46. The van der Waals surface area contributed by atoms with Crippen molar-refractivity contribution in [3.63, 3.8) is 0 Å². The molecule has 0 fully saturated rings. The number of carbonyl (C=O) groups is 1. The van der Waals surface area contributed by atoms with Crippen LogP contribution in [0.2, 0.25) is 5.02 Å². The summed E-state index contributed by atoms with van der Waals surface area (Å²) < 4.78 is 0. The zero-order valence-corrected chi connectivity index (χ0v) is 10.8. The molecule has 1 atom stereocenters. The molecule has 19 heavy (non-hydrogen) atoms. The summed E-state index contributed by atoms with van der Waals surface area (Å²) in [6.07, 6.45) is 2.33. The second-order valence-electron chi connectivity index (χ2n) is 4.01. The molecule has 0 aliphatic carbocycles. The van der Waals surface area contributed by atoms with Crippen LogP contribution in [0.15, 0.2) is 48.8 Å². The second kappa shape index (κ2) is 6.31. The summed E-state index contributed by atoms with van der Waals surface area (Å²) >= 11 is 5.77. The maximum atomic E-state index is 11.8. The maximum Gasteiger partial charge on any atom is 0.251 e. The van der Waals surface area contributed by atoms with E-state index >= 15 is 0 Å². The molecule has 0 aliphatic rings. The van der Waals surface area contributed by atoms with Crippen LogP contribution in [0, 0.1) is 0 Å². The van der Waals surface area contributed by atoms with Crippen molar-refractivity contribution >= 4 is 17.5 Å². The molecule has 0 spiro atoms. The lowest BCUT2D eigenvalue weighted by molar-refractivity contribution is 0.0916. The van der Waals surface area contributed by atoms with Crippen LogP contribution in [0.25, 0.3) is 0 Å². The normalized spacial score (nSPS) is 11.9. The van der Waals surface area contributed by atoms with Gasteiger partial charge in [0.15, 0.2) is 0 Å². The molecule has 0 bridgehead atoms. The first-order chi connectivity index (χ1) is 9.16. The van der Waals surface area contributed by atoms with Crippen LogP contribution < -0.4 is 5.32 Å². The first-order valence-electron chi connectivity index (χ1n) is 5.78. The number of hydrogen-bond donors (Lipinski definition) is 2. The van der Waals surface area contributed by atoms with Gasteiger partial charge >= 0.3 is 0 Å². The molecule has 1 aromatic carbocycles. The fourth-order valence-corrected chi connectivity index (χ4v) is 1.72. The zero-order chi connectivity index (χ0) is 13.7. The predicted molar refractivity (Wildman–Crippen MR) is 73.0 cm³/mol. The lowest BCUT2D eigenvalue weighted by Gasteiger charge is -2.12. The Labute approximate surface area is 116 Å². The molecule has 1 amide bonds. The number of aliphatic hydroxyl groups excluding tert-OH is 1. The number of hydrogen-bond acceptors (Lipinski definition) is 3. The van der Waals surface area contributed by atoms with Crippen molar-refractivity contribution in [3.8, 4) is 0 Å². The van der Waals surface area contributed by atoms with Gasteiger partial charge < -0.3 is 10.4 Å². The molecule has 0 saturated heterocycles. The fourth-order valence-electron chi connectivity index (χ4n) is 1.60. The molecule has 2 rings (SSSR count). The van der Waals surface area contributed by atoms with Gasteiger partial charge in [-0.1, -0.05) is 23.7 Å². The standard InChI is InChI=1S/C14H13ClN2O2/c15-12-3-1-10(2-4-12)13(18)9-17-14(19)11-5-7-16-8-6-11/h1-8,13,18H,9H2,(H,17,19)/t13-/m1/s1. The van der Waals surface area contributed by atoms with E-state index in [2.05, 4.69) is 10.3 Å². The maximum absolute atomic E-state index is 11.8. The van der Waals surface area contributed by atoms with Crippen LogP contribution in [0.3, 0.4) is 0 Å². The molecule has 0 aliphatic heterocycles. The van der Waals surface area contributed by atoms with Gasteiger partial charge in [0.1, 0.15) is 0 Å². The van der Waals surface area contributed by atoms with Crippen LogP contribution in [-0.4, -0.2) is 22.5 Å². The van der Waals surface area contributed by atoms with E-state index < -0.39 is 6.10 Å². The van der Waals surface area contributed by atoms with Crippen molar-refractivity contribution in [2.24, 2.45) is 0 Å². The summed E-state index contributed by atoms with van der Waals surface area (Å²) in [4.78, 5) is 15.6. The highest BCUT2D eigenvalue weighted by atomic mass is 35.5. The number of halogens is 1. The van der Waals surface area contributed by atoms with Gasteiger partial charge in [-0.2, -0.15) is 0 Å². The largest absolute Gasteiger partial charge is 0.387 e. The minimum Gasteiger partial charge on any atom is -0.387 e. The molecule has 2 aromatic rings. The summed E-state index contributed by atoms with van der Waals surface area (Å²) in [6, 6.07) is 10.1. The SMILES string of the molecule is O=C(NC[C@@H](O)c1ccc(Cl)cc1)c1ccncc1. The predicted octanol–water partition coefficient (Wildman–Crippen LogP) is 2.20. The highest BCUT2D eigenvalue weighted by Gasteiger charge is 2.10. The highest BCUT2D eigenvalue weighted by Crippen LogP contribution is 2.15. The van der Waals surface area contributed by atoms with Crippen molar-refractivity contribution in [1.82, 2.24) is 10.3 Å². The Morgan fingerprint density at radius 2 is 1.84 bits per heavy atom. The lowest BCUT2D eigenvalue weighted by Crippen LogP contribution is -2.28. The number of amides is 1. The van der Waals surface area contributed by atoms with E-state index in [1.54, 1.807) is 48.8 Å². The van der Waals surface area contributed by atoms with Gasteiger partial charge in [0.2, 0.25) is 0 Å². The third-order valence-electron chi connectivity index (χ3n) is 2.65. The van der Waals surface area contributed by atoms with Crippen molar-refractivity contribution in [1.29, 1.82) is 0 Å². The molecule has 1 aromatic heterocycles. The Bertz CT molecular complexity index is 543. The van der Waals surface area contributed by atoms with Gasteiger partial charge in [0, 0.05) is 29.5 Å². The van der Waals surface area contributed by atoms with Crippen molar-refractivity contribution < 1.29 is 9.90 Å². The third-order valence-corrected chi connectivity index (χ3v) is 2.91. The quantitative estimate of drug-likeness (QED) is 0.900. The molecule has 98 valence electrons. The first kappa shape index (κ1) is 13.5. The summed E-state index contributed by atoms with van der Waals surface area (Å²) in [5.41, 5.74) is 1.22. The Hall–Kier alpha value is -1.91. The van der Waals surface area contributed by atoms with Crippen LogP contribution in [-0.2, 0) is 0 Å². The highest BCUT2D eigenvalue weighted by molar-refractivity contribution is 6.30. The monoisotopic (exact) mass is 276 g/mol. The van der Waals surface area contributed by atoms with Crippen molar-refractivity contribution in [2.75, 3.05) is 6.54 Å². The smallest absolute Gasteiger partial charge is 0.251 e. The summed E-state index contributed by atoms with van der Waals surface area (Å²) in [6.45, 7) is 0.142. The lowest BCUT2D eigenvalue weighted by atomic mass is 10.1. The molecule has 0 unspecified atom stereocenters. The third kappa shape index (κ3) is 3.77. The van der Waals surface area contributed by atoms with Gasteiger partial charge in [-0.15, -0.1) is 0 Å². The van der Waals surface area contributed by atoms with E-state index in [0.29, 0.717) is 16.1 Å². The van der Waals surface area contributed by atoms with Gasteiger partial charge in [-0.05, 0) is 29.8 Å². The summed E-state index contributed by atoms with van der Waals surface area (Å²) in [5.74, 6) is -0.240. The number of rotatable bonds is 4. The number of benzene rings is 1. The number of aromatic nitrogens is 1.